The summed E-state index contributed by atoms with van der Waals surface area (Å²) >= 11 is 1.85. The Balaban J connectivity index is 0.751. The van der Waals surface area contributed by atoms with Crippen molar-refractivity contribution >= 4 is 56.5 Å². The summed E-state index contributed by atoms with van der Waals surface area (Å²) in [5.41, 5.74) is 4.46. The number of carbonyl (C=O) groups excluding carboxylic acids is 2. The number of hydrogen-bond acceptors (Lipinski definition) is 24. The number of ether oxygens (including phenoxy) is 5. The number of thioether (sulfide) groups is 1. The minimum absolute atomic E-state index is 0.0432. The lowest BCUT2D eigenvalue weighted by Crippen LogP contribution is -2.54. The first kappa shape index (κ1) is 53.0. The molecule has 5 unspecified atom stereocenters. The van der Waals surface area contributed by atoms with Crippen LogP contribution in [-0.4, -0.2) is 201 Å². The van der Waals surface area contributed by atoms with E-state index in [2.05, 4.69) is 45.5 Å². The van der Waals surface area contributed by atoms with Crippen LogP contribution in [0.15, 0.2) is 17.3 Å². The molecular weight excluding hydrogens is 988 g/mol. The van der Waals surface area contributed by atoms with Gasteiger partial charge in [0.2, 0.25) is 11.9 Å². The molecule has 69 heavy (non-hydrogen) atoms. The molecule has 4 aliphatic heterocycles. The molecule has 4 saturated heterocycles. The van der Waals surface area contributed by atoms with E-state index < -0.39 is 83.1 Å². The third-order valence-electron chi connectivity index (χ3n) is 11.2. The van der Waals surface area contributed by atoms with E-state index in [1.807, 2.05) is 11.8 Å². The van der Waals surface area contributed by atoms with E-state index in [-0.39, 0.29) is 73.2 Å². The molecule has 13 N–H and O–H groups in total. The van der Waals surface area contributed by atoms with Gasteiger partial charge >= 0.3 is 21.7 Å². The summed E-state index contributed by atoms with van der Waals surface area (Å²) in [6, 6.07) is 0.241. The number of carbonyl (C=O) groups is 2. The number of aromatic amines is 1. The Morgan fingerprint density at radius 1 is 0.928 bits per heavy atom. The Kier molecular flexibility index (Phi) is 18.2. The first-order valence-corrected chi connectivity index (χ1v) is 25.7. The van der Waals surface area contributed by atoms with Gasteiger partial charge in [0.1, 0.15) is 48.4 Å². The predicted octanol–water partition coefficient (Wildman–Crippen LogP) is -3.76. The Morgan fingerprint density at radius 3 is 2.43 bits per heavy atom. The number of unbranched alkanes of at least 4 members (excludes halogenated alkanes) is 1. The number of aliphatic hydroxyl groups excluding tert-OH is 5. The van der Waals surface area contributed by atoms with Crippen molar-refractivity contribution in [2.24, 2.45) is 0 Å². The van der Waals surface area contributed by atoms with Crippen molar-refractivity contribution in [1.82, 2.24) is 50.5 Å². The second-order valence-corrected chi connectivity index (χ2v) is 20.4. The maximum Gasteiger partial charge on any atom is 0.483 e. The van der Waals surface area contributed by atoms with Gasteiger partial charge in [0.05, 0.1) is 77.4 Å². The van der Waals surface area contributed by atoms with Crippen LogP contribution >= 0.6 is 27.4 Å². The first-order valence-electron chi connectivity index (χ1n) is 21.6. The lowest BCUT2D eigenvalue weighted by Gasteiger charge is -2.39. The number of nitrogens with zero attached hydrogens (tertiary/aromatic N) is 6. The van der Waals surface area contributed by atoms with Gasteiger partial charge in [-0.15, -0.1) is 5.10 Å². The largest absolute Gasteiger partial charge is 0.483 e. The molecule has 0 radical (unpaired) electrons. The number of anilines is 1. The number of H-pyrrole nitrogens is 1. The van der Waals surface area contributed by atoms with E-state index in [4.69, 9.17) is 38.5 Å². The summed E-state index contributed by atoms with van der Waals surface area (Å²) in [4.78, 5) is 66.5. The molecule has 3 aromatic heterocycles. The van der Waals surface area contributed by atoms with Gasteiger partial charge in [-0.1, -0.05) is 11.6 Å². The third-order valence-corrected chi connectivity index (χ3v) is 15.3. The van der Waals surface area contributed by atoms with Crippen LogP contribution in [0.5, 0.6) is 0 Å². The summed E-state index contributed by atoms with van der Waals surface area (Å²) in [5.74, 6) is 0.572. The molecule has 386 valence electrons. The summed E-state index contributed by atoms with van der Waals surface area (Å²) in [5, 5.41) is 69.7. The molecule has 7 rings (SSSR count). The first-order chi connectivity index (χ1) is 32.9. The molecule has 14 atom stereocenters. The standard InChI is InChI=1S/C35H55N11O20P2S/c36-34-41-30-23(31(53)42-34)38-16-46(30)32-27(51)24(48)19(63-32)14-62-67(55,56)66-68(57,58)65-33-28(52)25(49)26(50)29(64-33)17-13-45(44-43-17)6-8-60-10-12-61-11-9-59-7-5-37-21(47)4-2-1-3-20-22-18(15-69-20)39-35(54)40-22/h13,16,18-20,22,24-29,32-33,48-52H,1-12,14-15H2,(H,37,47)(H,55,56)(H,57,58)(H2,39,40,54)(H3,36,41,42,53)/t18-,19-,20-,22-,24?,25+,26+,27+,28?,29?,32-,33-/m1/s1. The van der Waals surface area contributed by atoms with E-state index in [1.54, 1.807) is 0 Å². The van der Waals surface area contributed by atoms with Crippen LogP contribution in [0.4, 0.5) is 10.7 Å². The lowest BCUT2D eigenvalue weighted by molar-refractivity contribution is -0.279. The van der Waals surface area contributed by atoms with Crippen LogP contribution in [0.3, 0.4) is 0 Å². The summed E-state index contributed by atoms with van der Waals surface area (Å²) in [6.45, 7) is 1.02. The normalized spacial score (nSPS) is 30.7. The number of rotatable bonds is 26. The quantitative estimate of drug-likeness (QED) is 0.0209. The minimum atomic E-state index is -5.74. The number of phosphoric ester groups is 2. The maximum absolute atomic E-state index is 12.9. The highest BCUT2D eigenvalue weighted by atomic mass is 32.2. The second kappa shape index (κ2) is 23.6. The van der Waals surface area contributed by atoms with Gasteiger partial charge in [0.25, 0.3) is 5.56 Å². The maximum atomic E-state index is 12.9. The Morgan fingerprint density at radius 2 is 1.67 bits per heavy atom. The number of fused-ring (bicyclic) bond motifs is 2. The summed E-state index contributed by atoms with van der Waals surface area (Å²) in [7, 11) is -11.3. The van der Waals surface area contributed by atoms with Crippen molar-refractivity contribution in [2.45, 2.75) is 105 Å². The van der Waals surface area contributed by atoms with Gasteiger partial charge in [-0.2, -0.15) is 21.1 Å². The van der Waals surface area contributed by atoms with Crippen molar-refractivity contribution < 1.29 is 91.1 Å². The summed E-state index contributed by atoms with van der Waals surface area (Å²) < 4.78 is 69.3. The molecule has 4 aliphatic rings. The van der Waals surface area contributed by atoms with Gasteiger partial charge in [0, 0.05) is 24.0 Å². The highest BCUT2D eigenvalue weighted by Gasteiger charge is 2.51. The molecule has 0 spiro atoms. The van der Waals surface area contributed by atoms with E-state index in [0.29, 0.717) is 38.0 Å². The van der Waals surface area contributed by atoms with Crippen molar-refractivity contribution in [3.63, 3.8) is 0 Å². The smallest absolute Gasteiger partial charge is 0.387 e. The van der Waals surface area contributed by atoms with Gasteiger partial charge in [0.15, 0.2) is 23.7 Å². The van der Waals surface area contributed by atoms with Crippen molar-refractivity contribution in [3.8, 4) is 0 Å². The second-order valence-electron chi connectivity index (χ2n) is 16.1. The number of aromatic nitrogens is 7. The van der Waals surface area contributed by atoms with Crippen molar-refractivity contribution in [2.75, 3.05) is 64.3 Å². The van der Waals surface area contributed by atoms with Gasteiger partial charge in [-0.25, -0.2) is 23.6 Å². The number of amides is 3. The molecule has 3 aromatic rings. The van der Waals surface area contributed by atoms with Crippen LogP contribution in [-0.2, 0) is 57.5 Å². The van der Waals surface area contributed by atoms with Crippen molar-refractivity contribution in [3.05, 3.63) is 28.6 Å². The molecule has 0 aliphatic carbocycles. The van der Waals surface area contributed by atoms with E-state index >= 15 is 0 Å². The zero-order chi connectivity index (χ0) is 49.5. The highest BCUT2D eigenvalue weighted by Crippen LogP contribution is 2.61. The number of aliphatic hydroxyl groups is 5. The number of nitrogens with one attached hydrogen (secondary N) is 4. The highest BCUT2D eigenvalue weighted by molar-refractivity contribution is 8.00. The van der Waals surface area contributed by atoms with Gasteiger partial charge < -0.3 is 80.7 Å². The molecule has 0 saturated carbocycles. The number of phosphoric acid groups is 2. The molecular formula is C35H55N11O20P2S. The predicted molar refractivity (Wildman–Crippen MR) is 231 cm³/mol. The number of imidazole rings is 1. The number of urea groups is 1. The fourth-order valence-corrected chi connectivity index (χ4v) is 11.5. The molecule has 0 aromatic carbocycles. The summed E-state index contributed by atoms with van der Waals surface area (Å²) in [6.07, 6.45) is -11.2. The monoisotopic (exact) mass is 1040 g/mol. The van der Waals surface area contributed by atoms with Crippen LogP contribution in [0.1, 0.15) is 43.7 Å². The Labute approximate surface area is 394 Å². The molecule has 3 amide bonds. The number of nitrogen functional groups attached to an aromatic ring is 1. The number of hydrogen-bond donors (Lipinski definition) is 12. The minimum Gasteiger partial charge on any atom is -0.387 e. The van der Waals surface area contributed by atoms with E-state index in [0.717, 1.165) is 35.9 Å². The van der Waals surface area contributed by atoms with E-state index in [9.17, 15) is 58.8 Å². The fourth-order valence-electron chi connectivity index (χ4n) is 7.76. The molecule has 31 nitrogen and oxygen atoms in total. The van der Waals surface area contributed by atoms with Gasteiger partial charge in [-0.05, 0) is 12.8 Å². The molecule has 0 bridgehead atoms. The number of nitrogens with two attached hydrogens (primary N) is 1. The Hall–Kier alpha value is -3.76. The van der Waals surface area contributed by atoms with Crippen molar-refractivity contribution in [1.29, 1.82) is 0 Å². The zero-order valence-corrected chi connectivity index (χ0v) is 39.1. The van der Waals surface area contributed by atoms with Crippen LogP contribution in [0.2, 0.25) is 0 Å². The molecule has 4 fully saturated rings. The molecule has 7 heterocycles. The SMILES string of the molecule is Nc1nc2c(ncn2[C@@H]2O[C@H](COP(=O)(O)OP(=O)(O)O[C@H]3OC(c4cn(CCOCCOCCOCCNC(=O)CCCC[C@H]5SC[C@H]6NC(=O)N[C@H]65)nn4)[C@@H](O)[C@H](O)C3O)C(O)[C@@H]2O)c(=O)[nH]1. The van der Waals surface area contributed by atoms with Gasteiger partial charge in [-0.3, -0.25) is 28.2 Å². The average Bonchev–Trinajstić information content (AvgIpc) is 4.13. The lowest BCUT2D eigenvalue weighted by atomic mass is 9.97. The Bertz CT molecular complexity index is 2370. The third kappa shape index (κ3) is 13.8. The van der Waals surface area contributed by atoms with Crippen LogP contribution < -0.4 is 27.2 Å². The topological polar surface area (TPSA) is 440 Å². The zero-order valence-electron chi connectivity index (χ0n) is 36.5. The molecule has 34 heteroatoms. The average molecular weight is 1040 g/mol. The van der Waals surface area contributed by atoms with E-state index in [1.165, 1.54) is 10.9 Å². The van der Waals surface area contributed by atoms with Crippen LogP contribution in [0, 0.1) is 0 Å². The van der Waals surface area contributed by atoms with Crippen LogP contribution in [0.25, 0.3) is 11.2 Å². The fraction of sp³-hybridized carbons (Fsp3) is 0.743.